The summed E-state index contributed by atoms with van der Waals surface area (Å²) in [5, 5.41) is 10.1. The third-order valence-electron chi connectivity index (χ3n) is 3.97. The molecule has 0 atom stereocenters. The highest BCUT2D eigenvalue weighted by atomic mass is 16.2. The molecular formula is C13H22N4O. The Morgan fingerprint density at radius 2 is 2.22 bits per heavy atom. The number of amides is 1. The van der Waals surface area contributed by atoms with Gasteiger partial charge in [-0.2, -0.15) is 5.10 Å². The maximum atomic E-state index is 12.1. The first-order chi connectivity index (χ1) is 8.64. The van der Waals surface area contributed by atoms with E-state index in [1.54, 1.807) is 0 Å². The number of hydrogen-bond acceptors (Lipinski definition) is 3. The van der Waals surface area contributed by atoms with E-state index in [2.05, 4.69) is 15.5 Å². The smallest absolute Gasteiger partial charge is 0.272 e. The first-order valence-corrected chi connectivity index (χ1v) is 6.72. The molecule has 0 spiro atoms. The molecule has 18 heavy (non-hydrogen) atoms. The van der Waals surface area contributed by atoms with Gasteiger partial charge in [0.25, 0.3) is 5.91 Å². The van der Waals surface area contributed by atoms with Crippen LogP contribution in [-0.4, -0.2) is 28.2 Å². The molecule has 5 heteroatoms. The normalized spacial score (nSPS) is 15.7. The van der Waals surface area contributed by atoms with Crippen molar-refractivity contribution in [3.63, 3.8) is 0 Å². The number of H-pyrrole nitrogens is 1. The van der Waals surface area contributed by atoms with E-state index in [0.717, 1.165) is 18.5 Å². The molecule has 0 radical (unpaired) electrons. The van der Waals surface area contributed by atoms with Gasteiger partial charge in [0.05, 0.1) is 5.54 Å². The molecule has 1 aromatic heterocycles. The van der Waals surface area contributed by atoms with Gasteiger partial charge in [-0.05, 0) is 31.7 Å². The molecule has 1 amide bonds. The van der Waals surface area contributed by atoms with E-state index in [1.165, 1.54) is 12.8 Å². The van der Waals surface area contributed by atoms with Gasteiger partial charge in [-0.3, -0.25) is 9.89 Å². The Hall–Kier alpha value is -1.36. The minimum absolute atomic E-state index is 0.132. The summed E-state index contributed by atoms with van der Waals surface area (Å²) in [5.74, 6) is 0.447. The topological polar surface area (TPSA) is 83.8 Å². The minimum atomic E-state index is -0.310. The summed E-state index contributed by atoms with van der Waals surface area (Å²) in [6.07, 6.45) is 4.04. The number of rotatable bonds is 6. The third-order valence-corrected chi connectivity index (χ3v) is 3.97. The van der Waals surface area contributed by atoms with Gasteiger partial charge in [0.15, 0.2) is 0 Å². The van der Waals surface area contributed by atoms with E-state index in [0.29, 0.717) is 18.2 Å². The molecule has 5 nitrogen and oxygen atoms in total. The molecule has 1 saturated carbocycles. The lowest BCUT2D eigenvalue weighted by Crippen LogP contribution is -2.52. The summed E-state index contributed by atoms with van der Waals surface area (Å²) < 4.78 is 0. The lowest BCUT2D eigenvalue weighted by Gasteiger charge is -2.31. The van der Waals surface area contributed by atoms with Crippen LogP contribution in [0.25, 0.3) is 0 Å². The highest BCUT2D eigenvalue weighted by molar-refractivity contribution is 5.92. The summed E-state index contributed by atoms with van der Waals surface area (Å²) in [5.41, 5.74) is 7.01. The second-order valence-corrected chi connectivity index (χ2v) is 5.13. The Morgan fingerprint density at radius 1 is 1.56 bits per heavy atom. The molecule has 1 aromatic rings. The van der Waals surface area contributed by atoms with E-state index < -0.39 is 0 Å². The number of aromatic nitrogens is 2. The van der Waals surface area contributed by atoms with Crippen molar-refractivity contribution in [2.45, 2.75) is 51.0 Å². The zero-order valence-corrected chi connectivity index (χ0v) is 11.1. The standard InChI is InChI=1S/C13H22N4O/c1-3-13(4-2,8-14)15-12(18)11-7-10(16-17-11)9-5-6-9/h7,9H,3-6,8,14H2,1-2H3,(H,15,18)(H,16,17). The average molecular weight is 250 g/mol. The van der Waals surface area contributed by atoms with Crippen molar-refractivity contribution in [3.8, 4) is 0 Å². The number of nitrogens with two attached hydrogens (primary N) is 1. The predicted molar refractivity (Wildman–Crippen MR) is 70.4 cm³/mol. The number of carbonyl (C=O) groups is 1. The SMILES string of the molecule is CCC(CC)(CN)NC(=O)c1cc(C2CC2)[nH]n1. The Labute approximate surface area is 108 Å². The Morgan fingerprint density at radius 3 is 2.72 bits per heavy atom. The number of nitrogens with zero attached hydrogens (tertiary/aromatic N) is 1. The Bertz CT molecular complexity index is 410. The molecule has 1 aliphatic carbocycles. The van der Waals surface area contributed by atoms with Crippen LogP contribution in [0.15, 0.2) is 6.07 Å². The van der Waals surface area contributed by atoms with E-state index in [9.17, 15) is 4.79 Å². The van der Waals surface area contributed by atoms with Crippen molar-refractivity contribution in [2.24, 2.45) is 5.73 Å². The lowest BCUT2D eigenvalue weighted by atomic mass is 9.93. The molecule has 0 aliphatic heterocycles. The maximum absolute atomic E-state index is 12.1. The fourth-order valence-electron chi connectivity index (χ4n) is 2.13. The van der Waals surface area contributed by atoms with E-state index >= 15 is 0 Å². The van der Waals surface area contributed by atoms with Crippen molar-refractivity contribution < 1.29 is 4.79 Å². The largest absolute Gasteiger partial charge is 0.344 e. The van der Waals surface area contributed by atoms with Crippen molar-refractivity contribution in [1.82, 2.24) is 15.5 Å². The zero-order valence-electron chi connectivity index (χ0n) is 11.1. The third kappa shape index (κ3) is 2.56. The van der Waals surface area contributed by atoms with Crippen molar-refractivity contribution >= 4 is 5.91 Å². The van der Waals surface area contributed by atoms with Crippen LogP contribution < -0.4 is 11.1 Å². The highest BCUT2D eigenvalue weighted by Crippen LogP contribution is 2.39. The van der Waals surface area contributed by atoms with Crippen LogP contribution in [-0.2, 0) is 0 Å². The van der Waals surface area contributed by atoms with E-state index in [1.807, 2.05) is 19.9 Å². The van der Waals surface area contributed by atoms with Gasteiger partial charge in [0.2, 0.25) is 0 Å². The summed E-state index contributed by atoms with van der Waals surface area (Å²) in [4.78, 5) is 12.1. The zero-order chi connectivity index (χ0) is 13.2. The van der Waals surface area contributed by atoms with Crippen LogP contribution in [0.1, 0.15) is 61.6 Å². The molecule has 0 saturated heterocycles. The number of carbonyl (C=O) groups excluding carboxylic acids is 1. The van der Waals surface area contributed by atoms with E-state index in [4.69, 9.17) is 5.73 Å². The molecule has 0 aromatic carbocycles. The summed E-state index contributed by atoms with van der Waals surface area (Å²) in [7, 11) is 0. The summed E-state index contributed by atoms with van der Waals surface area (Å²) in [6.45, 7) is 4.53. The molecule has 1 fully saturated rings. The molecule has 1 aliphatic rings. The predicted octanol–water partition coefficient (Wildman–Crippen LogP) is 1.53. The van der Waals surface area contributed by atoms with Crippen molar-refractivity contribution in [2.75, 3.05) is 6.54 Å². The van der Waals surface area contributed by atoms with Crippen LogP contribution in [0.5, 0.6) is 0 Å². The lowest BCUT2D eigenvalue weighted by molar-refractivity contribution is 0.0890. The fraction of sp³-hybridized carbons (Fsp3) is 0.692. The second kappa shape index (κ2) is 5.10. The molecule has 0 unspecified atom stereocenters. The summed E-state index contributed by atoms with van der Waals surface area (Å²) in [6, 6.07) is 1.86. The second-order valence-electron chi connectivity index (χ2n) is 5.13. The Kier molecular flexibility index (Phi) is 3.71. The first kappa shape index (κ1) is 13.1. The summed E-state index contributed by atoms with van der Waals surface area (Å²) >= 11 is 0. The number of hydrogen-bond donors (Lipinski definition) is 3. The van der Waals surface area contributed by atoms with Crippen LogP contribution in [0.3, 0.4) is 0 Å². The molecule has 2 rings (SSSR count). The molecule has 100 valence electrons. The molecular weight excluding hydrogens is 228 g/mol. The molecule has 4 N–H and O–H groups in total. The van der Waals surface area contributed by atoms with Crippen LogP contribution in [0, 0.1) is 0 Å². The molecule has 0 bridgehead atoms. The number of nitrogens with one attached hydrogen (secondary N) is 2. The fourth-order valence-corrected chi connectivity index (χ4v) is 2.13. The van der Waals surface area contributed by atoms with Gasteiger partial charge in [-0.15, -0.1) is 0 Å². The van der Waals surface area contributed by atoms with Gasteiger partial charge in [-0.25, -0.2) is 0 Å². The average Bonchev–Trinajstić information content (AvgIpc) is 3.13. The van der Waals surface area contributed by atoms with Gasteiger partial charge < -0.3 is 11.1 Å². The van der Waals surface area contributed by atoms with Crippen LogP contribution in [0.4, 0.5) is 0 Å². The Balaban J connectivity index is 2.05. The quantitative estimate of drug-likeness (QED) is 0.716. The van der Waals surface area contributed by atoms with Crippen LogP contribution >= 0.6 is 0 Å². The van der Waals surface area contributed by atoms with Crippen molar-refractivity contribution in [1.29, 1.82) is 0 Å². The minimum Gasteiger partial charge on any atom is -0.344 e. The highest BCUT2D eigenvalue weighted by Gasteiger charge is 2.30. The number of aromatic amines is 1. The van der Waals surface area contributed by atoms with Gasteiger partial charge >= 0.3 is 0 Å². The van der Waals surface area contributed by atoms with Gasteiger partial charge in [0, 0.05) is 18.2 Å². The van der Waals surface area contributed by atoms with Gasteiger partial charge in [0.1, 0.15) is 5.69 Å². The maximum Gasteiger partial charge on any atom is 0.272 e. The van der Waals surface area contributed by atoms with Gasteiger partial charge in [-0.1, -0.05) is 13.8 Å². The van der Waals surface area contributed by atoms with E-state index in [-0.39, 0.29) is 11.4 Å². The molecule has 1 heterocycles. The van der Waals surface area contributed by atoms with Crippen LogP contribution in [0.2, 0.25) is 0 Å². The monoisotopic (exact) mass is 250 g/mol. The first-order valence-electron chi connectivity index (χ1n) is 6.72. The van der Waals surface area contributed by atoms with Crippen molar-refractivity contribution in [3.05, 3.63) is 17.5 Å².